The number of hydrogen-bond donors (Lipinski definition) is 1. The highest BCUT2D eigenvalue weighted by atomic mass is 16.5. The van der Waals surface area contributed by atoms with Gasteiger partial charge in [0.1, 0.15) is 0 Å². The molecule has 24 heavy (non-hydrogen) atoms. The molecule has 2 rings (SSSR count). The average Bonchev–Trinajstić information content (AvgIpc) is 2.63. The molecular weight excluding hydrogens is 300 g/mol. The zero-order valence-corrected chi connectivity index (χ0v) is 15.2. The maximum Gasteiger partial charge on any atom is 0.193 e. The van der Waals surface area contributed by atoms with E-state index in [1.54, 1.807) is 0 Å². The van der Waals surface area contributed by atoms with Crippen LogP contribution < -0.4 is 5.32 Å². The Kier molecular flexibility index (Phi) is 8.63. The largest absolute Gasteiger partial charge is 0.380 e. The van der Waals surface area contributed by atoms with Crippen LogP contribution in [-0.2, 0) is 11.3 Å². The fourth-order valence-electron chi connectivity index (χ4n) is 2.88. The SMILES string of the molecule is CCCCOCCNC(=NC)N1CCN(Cc2ccccc2)CC1. The number of unbranched alkanes of at least 4 members (excludes halogenated alkanes) is 1. The number of guanidine groups is 1. The fraction of sp³-hybridized carbons (Fsp3) is 0.632. The first-order chi connectivity index (χ1) is 11.8. The summed E-state index contributed by atoms with van der Waals surface area (Å²) in [5, 5.41) is 3.41. The summed E-state index contributed by atoms with van der Waals surface area (Å²) >= 11 is 0. The molecule has 1 aromatic carbocycles. The number of rotatable bonds is 8. The Bertz CT molecular complexity index is 470. The van der Waals surface area contributed by atoms with Gasteiger partial charge in [0.2, 0.25) is 0 Å². The molecule has 1 aliphatic rings. The van der Waals surface area contributed by atoms with E-state index in [4.69, 9.17) is 4.74 Å². The molecule has 0 bridgehead atoms. The maximum absolute atomic E-state index is 5.60. The molecule has 0 spiro atoms. The molecule has 5 nitrogen and oxygen atoms in total. The number of nitrogens with zero attached hydrogens (tertiary/aromatic N) is 3. The van der Waals surface area contributed by atoms with Crippen molar-refractivity contribution < 1.29 is 4.74 Å². The summed E-state index contributed by atoms with van der Waals surface area (Å²) in [6.07, 6.45) is 2.32. The Morgan fingerprint density at radius 3 is 2.54 bits per heavy atom. The topological polar surface area (TPSA) is 40.1 Å². The van der Waals surface area contributed by atoms with Crippen LogP contribution >= 0.6 is 0 Å². The molecule has 1 N–H and O–H groups in total. The van der Waals surface area contributed by atoms with Crippen LogP contribution in [0.4, 0.5) is 0 Å². The van der Waals surface area contributed by atoms with E-state index in [1.807, 2.05) is 7.05 Å². The molecule has 1 saturated heterocycles. The number of ether oxygens (including phenoxy) is 1. The lowest BCUT2D eigenvalue weighted by Gasteiger charge is -2.36. The van der Waals surface area contributed by atoms with Gasteiger partial charge >= 0.3 is 0 Å². The summed E-state index contributed by atoms with van der Waals surface area (Å²) in [5.74, 6) is 0.994. The average molecular weight is 332 g/mol. The van der Waals surface area contributed by atoms with Crippen LogP contribution in [0.2, 0.25) is 0 Å². The van der Waals surface area contributed by atoms with Crippen LogP contribution in [0, 0.1) is 0 Å². The molecule has 0 saturated carbocycles. The van der Waals surface area contributed by atoms with Crippen molar-refractivity contribution in [2.24, 2.45) is 4.99 Å². The minimum absolute atomic E-state index is 0.743. The highest BCUT2D eigenvalue weighted by Crippen LogP contribution is 2.08. The lowest BCUT2D eigenvalue weighted by molar-refractivity contribution is 0.134. The number of aliphatic imine (C=N–C) groups is 1. The standard InChI is InChI=1S/C19H32N4O/c1-3-4-15-24-16-10-21-19(20-2)23-13-11-22(12-14-23)17-18-8-6-5-7-9-18/h5-9H,3-4,10-17H2,1-2H3,(H,20,21). The van der Waals surface area contributed by atoms with Gasteiger partial charge in [0.15, 0.2) is 5.96 Å². The summed E-state index contributed by atoms with van der Waals surface area (Å²) in [7, 11) is 1.86. The predicted octanol–water partition coefficient (Wildman–Crippen LogP) is 2.20. The summed E-state index contributed by atoms with van der Waals surface area (Å²) in [6.45, 7) is 9.81. The summed E-state index contributed by atoms with van der Waals surface area (Å²) in [4.78, 5) is 9.26. The van der Waals surface area contributed by atoms with Gasteiger partial charge in [0.05, 0.1) is 6.61 Å². The van der Waals surface area contributed by atoms with Gasteiger partial charge in [-0.05, 0) is 12.0 Å². The highest BCUT2D eigenvalue weighted by Gasteiger charge is 2.19. The van der Waals surface area contributed by atoms with Crippen molar-refractivity contribution in [2.75, 3.05) is 53.0 Å². The molecule has 0 unspecified atom stereocenters. The minimum Gasteiger partial charge on any atom is -0.380 e. The van der Waals surface area contributed by atoms with E-state index in [0.717, 1.165) is 64.9 Å². The second kappa shape index (κ2) is 11.0. The first-order valence-electron chi connectivity index (χ1n) is 9.13. The molecular formula is C19H32N4O. The van der Waals surface area contributed by atoms with Gasteiger partial charge in [-0.15, -0.1) is 0 Å². The van der Waals surface area contributed by atoms with Gasteiger partial charge < -0.3 is 15.0 Å². The molecule has 0 radical (unpaired) electrons. The van der Waals surface area contributed by atoms with E-state index >= 15 is 0 Å². The van der Waals surface area contributed by atoms with Crippen LogP contribution in [-0.4, -0.2) is 68.7 Å². The third-order valence-corrected chi connectivity index (χ3v) is 4.30. The van der Waals surface area contributed by atoms with Gasteiger partial charge in [-0.25, -0.2) is 0 Å². The van der Waals surface area contributed by atoms with Crippen molar-refractivity contribution in [3.05, 3.63) is 35.9 Å². The Morgan fingerprint density at radius 2 is 1.88 bits per heavy atom. The molecule has 1 heterocycles. The predicted molar refractivity (Wildman–Crippen MR) is 100 cm³/mol. The van der Waals surface area contributed by atoms with Crippen LogP contribution in [0.3, 0.4) is 0 Å². The molecule has 5 heteroatoms. The number of benzene rings is 1. The lowest BCUT2D eigenvalue weighted by atomic mass is 10.2. The van der Waals surface area contributed by atoms with Crippen molar-refractivity contribution in [3.63, 3.8) is 0 Å². The fourth-order valence-corrected chi connectivity index (χ4v) is 2.88. The van der Waals surface area contributed by atoms with Crippen molar-refractivity contribution in [3.8, 4) is 0 Å². The summed E-state index contributed by atoms with van der Waals surface area (Å²) in [5.41, 5.74) is 1.39. The molecule has 134 valence electrons. The van der Waals surface area contributed by atoms with Crippen molar-refractivity contribution in [1.29, 1.82) is 0 Å². The summed E-state index contributed by atoms with van der Waals surface area (Å²) in [6, 6.07) is 10.7. The third kappa shape index (κ3) is 6.49. The number of piperazine rings is 1. The Hall–Kier alpha value is -1.59. The Balaban J connectivity index is 1.66. The van der Waals surface area contributed by atoms with E-state index in [2.05, 4.69) is 57.4 Å². The van der Waals surface area contributed by atoms with Gasteiger partial charge in [-0.3, -0.25) is 9.89 Å². The van der Waals surface area contributed by atoms with Gasteiger partial charge in [-0.1, -0.05) is 43.7 Å². The lowest BCUT2D eigenvalue weighted by Crippen LogP contribution is -2.52. The van der Waals surface area contributed by atoms with Crippen molar-refractivity contribution in [1.82, 2.24) is 15.1 Å². The van der Waals surface area contributed by atoms with E-state index in [1.165, 1.54) is 12.0 Å². The zero-order valence-electron chi connectivity index (χ0n) is 15.2. The first-order valence-corrected chi connectivity index (χ1v) is 9.13. The first kappa shape index (κ1) is 18.7. The number of hydrogen-bond acceptors (Lipinski definition) is 3. The van der Waals surface area contributed by atoms with E-state index in [-0.39, 0.29) is 0 Å². The molecule has 1 fully saturated rings. The van der Waals surface area contributed by atoms with Crippen LogP contribution in [0.1, 0.15) is 25.3 Å². The molecule has 1 aromatic rings. The van der Waals surface area contributed by atoms with E-state index < -0.39 is 0 Å². The third-order valence-electron chi connectivity index (χ3n) is 4.30. The van der Waals surface area contributed by atoms with E-state index in [0.29, 0.717) is 0 Å². The van der Waals surface area contributed by atoms with Crippen LogP contribution in [0.5, 0.6) is 0 Å². The quantitative estimate of drug-likeness (QED) is 0.450. The Labute approximate surface area is 146 Å². The molecule has 0 amide bonds. The van der Waals surface area contributed by atoms with Gasteiger partial charge in [0, 0.05) is 52.9 Å². The van der Waals surface area contributed by atoms with Gasteiger partial charge in [-0.2, -0.15) is 0 Å². The van der Waals surface area contributed by atoms with Gasteiger partial charge in [0.25, 0.3) is 0 Å². The molecule has 1 aliphatic heterocycles. The second-order valence-corrected chi connectivity index (χ2v) is 6.19. The molecule has 0 aromatic heterocycles. The van der Waals surface area contributed by atoms with E-state index in [9.17, 15) is 0 Å². The zero-order chi connectivity index (χ0) is 17.0. The minimum atomic E-state index is 0.743. The smallest absolute Gasteiger partial charge is 0.193 e. The highest BCUT2D eigenvalue weighted by molar-refractivity contribution is 5.79. The monoisotopic (exact) mass is 332 g/mol. The normalized spacial score (nSPS) is 16.4. The Morgan fingerprint density at radius 1 is 1.12 bits per heavy atom. The molecule has 0 aliphatic carbocycles. The van der Waals surface area contributed by atoms with Crippen molar-refractivity contribution in [2.45, 2.75) is 26.3 Å². The van der Waals surface area contributed by atoms with Crippen LogP contribution in [0.25, 0.3) is 0 Å². The summed E-state index contributed by atoms with van der Waals surface area (Å²) < 4.78 is 5.60. The van der Waals surface area contributed by atoms with Crippen LogP contribution in [0.15, 0.2) is 35.3 Å². The van der Waals surface area contributed by atoms with Crippen molar-refractivity contribution >= 4 is 5.96 Å². The second-order valence-electron chi connectivity index (χ2n) is 6.19. The molecule has 0 atom stereocenters. The maximum atomic E-state index is 5.60. The number of nitrogens with one attached hydrogen (secondary N) is 1.